The van der Waals surface area contributed by atoms with Crippen molar-refractivity contribution in [1.29, 1.82) is 0 Å². The van der Waals surface area contributed by atoms with Crippen LogP contribution in [0.4, 0.5) is 0 Å². The maximum Gasteiger partial charge on any atom is 0.536 e. The van der Waals surface area contributed by atoms with Crippen molar-refractivity contribution in [1.82, 2.24) is 0 Å². The third kappa shape index (κ3) is 3.94. The van der Waals surface area contributed by atoms with Gasteiger partial charge in [-0.05, 0) is 0 Å². The van der Waals surface area contributed by atoms with Gasteiger partial charge in [-0.1, -0.05) is 67.9 Å². The average molecular weight is 343 g/mol. The molecule has 0 heterocycles. The molecule has 1 aromatic carbocycles. The van der Waals surface area contributed by atoms with Crippen LogP contribution in [0.1, 0.15) is 0 Å². The highest BCUT2D eigenvalue weighted by molar-refractivity contribution is 6.98. The van der Waals surface area contributed by atoms with Gasteiger partial charge in [-0.2, -0.15) is 0 Å². The van der Waals surface area contributed by atoms with Crippen LogP contribution < -0.4 is 15.6 Å². The van der Waals surface area contributed by atoms with Crippen molar-refractivity contribution in [2.24, 2.45) is 0 Å². The molecule has 3 nitrogen and oxygen atoms in total. The molecule has 0 amide bonds. The number of rotatable bonds is 6. The van der Waals surface area contributed by atoms with Crippen molar-refractivity contribution in [2.45, 2.75) is 39.3 Å². The Bertz CT molecular complexity index is 478. The van der Waals surface area contributed by atoms with Gasteiger partial charge in [0.1, 0.15) is 0 Å². The van der Waals surface area contributed by atoms with Crippen LogP contribution in [-0.2, 0) is 13.3 Å². The minimum Gasteiger partial charge on any atom is -0.373 e. The van der Waals surface area contributed by atoms with Crippen LogP contribution in [0, 0.1) is 0 Å². The first-order valence-corrected chi connectivity index (χ1v) is 16.0. The highest BCUT2D eigenvalue weighted by Crippen LogP contribution is 2.10. The van der Waals surface area contributed by atoms with E-state index < -0.39 is 25.0 Å². The van der Waals surface area contributed by atoms with Gasteiger partial charge in [0.25, 0.3) is 0 Å². The van der Waals surface area contributed by atoms with Gasteiger partial charge in [0.2, 0.25) is 0 Å². The summed E-state index contributed by atoms with van der Waals surface area (Å²) in [6.45, 7) is 14.4. The molecule has 0 radical (unpaired) electrons. The molecule has 0 saturated carbocycles. The number of benzene rings is 1. The Hall–Kier alpha value is -0.249. The van der Waals surface area contributed by atoms with E-state index >= 15 is 0 Å². The lowest BCUT2D eigenvalue weighted by Gasteiger charge is -2.31. The maximum absolute atomic E-state index is 5.64. The van der Waals surface area contributed by atoms with Gasteiger partial charge in [0.05, 0.1) is 16.1 Å². The lowest BCUT2D eigenvalue weighted by Crippen LogP contribution is -2.61. The van der Waals surface area contributed by atoms with Crippen molar-refractivity contribution in [2.75, 3.05) is 21.3 Å². The van der Waals surface area contributed by atoms with Crippen LogP contribution in [0.2, 0.25) is 39.3 Å². The molecule has 0 aliphatic carbocycles. The summed E-state index contributed by atoms with van der Waals surface area (Å²) < 4.78 is 16.9. The molecule has 0 N–H and O–H groups in total. The highest BCUT2D eigenvalue weighted by atomic mass is 28.4. The van der Waals surface area contributed by atoms with Gasteiger partial charge in [-0.15, -0.1) is 0 Å². The summed E-state index contributed by atoms with van der Waals surface area (Å²) in [6.07, 6.45) is 0. The molecular weight excluding hydrogens is 312 g/mol. The lowest BCUT2D eigenvalue weighted by atomic mass is 10.3. The molecule has 0 saturated heterocycles. The van der Waals surface area contributed by atoms with Crippen molar-refractivity contribution < 1.29 is 13.3 Å². The second kappa shape index (κ2) is 6.47. The predicted octanol–water partition coefficient (Wildman–Crippen LogP) is 1.86. The third-order valence-electron chi connectivity index (χ3n) is 3.80. The maximum atomic E-state index is 5.64. The van der Waals surface area contributed by atoms with E-state index in [0.717, 1.165) is 5.19 Å². The van der Waals surface area contributed by atoms with Gasteiger partial charge in [0.15, 0.2) is 0 Å². The van der Waals surface area contributed by atoms with Gasteiger partial charge < -0.3 is 13.3 Å². The summed E-state index contributed by atoms with van der Waals surface area (Å²) >= 11 is 0. The molecule has 0 spiro atoms. The summed E-state index contributed by atoms with van der Waals surface area (Å²) in [7, 11) is -0.567. The van der Waals surface area contributed by atoms with E-state index in [0.29, 0.717) is 0 Å². The first-order valence-electron chi connectivity index (χ1n) is 7.33. The Balaban J connectivity index is 3.56. The van der Waals surface area contributed by atoms with Crippen molar-refractivity contribution in [3.05, 3.63) is 18.2 Å². The summed E-state index contributed by atoms with van der Waals surface area (Å²) in [4.78, 5) is 0. The fourth-order valence-corrected chi connectivity index (χ4v) is 9.77. The predicted molar refractivity (Wildman–Crippen MR) is 98.8 cm³/mol. The summed E-state index contributed by atoms with van der Waals surface area (Å²) in [6, 6.07) is 6.72. The Labute approximate surface area is 133 Å². The van der Waals surface area contributed by atoms with Crippen LogP contribution in [0.5, 0.6) is 0 Å². The standard InChI is InChI=1S/C15H30O3Si3/c1-16-21(17-2,18-3)13-10-11-14(19(4,5)6)15(12-13)20(7,8)9/h10-12H,1-9H3. The van der Waals surface area contributed by atoms with Crippen LogP contribution in [0.3, 0.4) is 0 Å². The molecule has 0 bridgehead atoms. The van der Waals surface area contributed by atoms with Crippen molar-refractivity contribution >= 4 is 40.5 Å². The molecule has 1 aromatic rings. The second-order valence-electron chi connectivity index (χ2n) is 7.43. The zero-order valence-electron chi connectivity index (χ0n) is 15.0. The Morgan fingerprint density at radius 3 is 1.43 bits per heavy atom. The molecule has 120 valence electrons. The molecule has 0 aromatic heterocycles. The van der Waals surface area contributed by atoms with Gasteiger partial charge in [-0.25, -0.2) is 0 Å². The summed E-state index contributed by atoms with van der Waals surface area (Å²) in [5, 5.41) is 4.13. The first-order chi connectivity index (χ1) is 9.51. The lowest BCUT2D eigenvalue weighted by molar-refractivity contribution is 0.140. The largest absolute Gasteiger partial charge is 0.536 e. The Morgan fingerprint density at radius 2 is 1.10 bits per heavy atom. The minimum atomic E-state index is -2.75. The van der Waals surface area contributed by atoms with Gasteiger partial charge in [-0.3, -0.25) is 0 Å². The van der Waals surface area contributed by atoms with E-state index in [2.05, 4.69) is 57.5 Å². The first kappa shape index (κ1) is 18.8. The van der Waals surface area contributed by atoms with Crippen molar-refractivity contribution in [3.8, 4) is 0 Å². The van der Waals surface area contributed by atoms with E-state index in [4.69, 9.17) is 13.3 Å². The topological polar surface area (TPSA) is 27.7 Å². The molecule has 0 atom stereocenters. The molecule has 0 unspecified atom stereocenters. The normalized spacial score (nSPS) is 13.6. The molecule has 1 rings (SSSR count). The second-order valence-corrected chi connectivity index (χ2v) is 20.4. The fraction of sp³-hybridized carbons (Fsp3) is 0.600. The van der Waals surface area contributed by atoms with E-state index in [1.54, 1.807) is 26.5 Å². The monoisotopic (exact) mass is 342 g/mol. The van der Waals surface area contributed by atoms with Crippen LogP contribution in [0.15, 0.2) is 18.2 Å². The highest BCUT2D eigenvalue weighted by Gasteiger charge is 2.42. The van der Waals surface area contributed by atoms with E-state index in [1.807, 2.05) is 0 Å². The molecule has 6 heteroatoms. The quantitative estimate of drug-likeness (QED) is 0.739. The Kier molecular flexibility index (Phi) is 5.80. The molecule has 21 heavy (non-hydrogen) atoms. The fourth-order valence-electron chi connectivity index (χ4n) is 2.61. The number of hydrogen-bond donors (Lipinski definition) is 0. The minimum absolute atomic E-state index is 1.06. The van der Waals surface area contributed by atoms with Crippen molar-refractivity contribution in [3.63, 3.8) is 0 Å². The van der Waals surface area contributed by atoms with E-state index in [1.165, 1.54) is 5.19 Å². The number of hydrogen-bond acceptors (Lipinski definition) is 3. The smallest absolute Gasteiger partial charge is 0.373 e. The van der Waals surface area contributed by atoms with Crippen LogP contribution >= 0.6 is 0 Å². The summed E-state index contributed by atoms with van der Waals surface area (Å²) in [5.74, 6) is 0. The van der Waals surface area contributed by atoms with Crippen LogP contribution in [-0.4, -0.2) is 46.3 Å². The van der Waals surface area contributed by atoms with Crippen LogP contribution in [0.25, 0.3) is 0 Å². The van der Waals surface area contributed by atoms with E-state index in [9.17, 15) is 0 Å². The molecule has 0 aliphatic heterocycles. The Morgan fingerprint density at radius 1 is 0.667 bits per heavy atom. The van der Waals surface area contributed by atoms with Gasteiger partial charge in [0, 0.05) is 26.5 Å². The van der Waals surface area contributed by atoms with E-state index in [-0.39, 0.29) is 0 Å². The zero-order chi connectivity index (χ0) is 16.5. The summed E-state index contributed by atoms with van der Waals surface area (Å²) in [5.41, 5.74) is 0. The SMILES string of the molecule is CO[Si](OC)(OC)c1ccc([Si](C)(C)C)c([Si](C)(C)C)c1. The average Bonchev–Trinajstić information content (AvgIpc) is 2.39. The van der Waals surface area contributed by atoms with Gasteiger partial charge >= 0.3 is 8.80 Å². The molecular formula is C15H30O3Si3. The third-order valence-corrected chi connectivity index (χ3v) is 10.8. The zero-order valence-corrected chi connectivity index (χ0v) is 18.0. The molecule has 0 aliphatic rings. The molecule has 0 fully saturated rings.